The van der Waals surface area contributed by atoms with E-state index in [1.807, 2.05) is 30.3 Å². The topological polar surface area (TPSA) is 78.4 Å². The van der Waals surface area contributed by atoms with Crippen molar-refractivity contribution in [1.82, 2.24) is 5.32 Å². The molecule has 0 aliphatic carbocycles. The molecule has 29 heavy (non-hydrogen) atoms. The third-order valence-corrected chi connectivity index (χ3v) is 4.67. The normalized spacial score (nSPS) is 11.5. The van der Waals surface area contributed by atoms with Gasteiger partial charge >= 0.3 is 0 Å². The van der Waals surface area contributed by atoms with Crippen LogP contribution in [0.1, 0.15) is 15.9 Å². The first-order valence-electron chi connectivity index (χ1n) is 8.82. The molecule has 0 saturated heterocycles. The summed E-state index contributed by atoms with van der Waals surface area (Å²) in [6, 6.07) is 19.3. The monoisotopic (exact) mass is 428 g/mol. The van der Waals surface area contributed by atoms with Gasteiger partial charge < -0.3 is 15.7 Å². The maximum atomic E-state index is 12.9. The van der Waals surface area contributed by atoms with Gasteiger partial charge in [-0.15, -0.1) is 0 Å². The summed E-state index contributed by atoms with van der Waals surface area (Å²) in [5.74, 6) is -1.24. The molecule has 0 aliphatic heterocycles. The number of aromatic hydroxyl groups is 1. The first kappa shape index (κ1) is 20.7. The van der Waals surface area contributed by atoms with E-state index < -0.39 is 17.9 Å². The van der Waals surface area contributed by atoms with Crippen molar-refractivity contribution in [3.63, 3.8) is 0 Å². The summed E-state index contributed by atoms with van der Waals surface area (Å²) in [6.45, 7) is 0. The zero-order valence-corrected chi connectivity index (χ0v) is 16.7. The van der Waals surface area contributed by atoms with Gasteiger partial charge in [0.1, 0.15) is 11.8 Å². The Morgan fingerprint density at radius 2 is 1.62 bits per heavy atom. The Morgan fingerprint density at radius 1 is 0.897 bits per heavy atom. The minimum atomic E-state index is -0.887. The molecule has 0 saturated carbocycles. The summed E-state index contributed by atoms with van der Waals surface area (Å²) in [5.41, 5.74) is 1.38. The second-order valence-corrected chi connectivity index (χ2v) is 7.25. The van der Waals surface area contributed by atoms with Gasteiger partial charge in [-0.3, -0.25) is 9.59 Å². The highest BCUT2D eigenvalue weighted by molar-refractivity contribution is 6.31. The smallest absolute Gasteiger partial charge is 0.255 e. The number of carbonyl (C=O) groups excluding carboxylic acids is 2. The van der Waals surface area contributed by atoms with Crippen LogP contribution in [-0.4, -0.2) is 23.0 Å². The number of halogens is 2. The van der Waals surface area contributed by atoms with Crippen LogP contribution < -0.4 is 10.6 Å². The molecule has 0 unspecified atom stereocenters. The SMILES string of the molecule is O=C(N[C@H](Cc1ccccc1)C(=O)Nc1cccc(Cl)c1)c1cc(Cl)ccc1O. The Labute approximate surface area is 178 Å². The van der Waals surface area contributed by atoms with Crippen LogP contribution in [0, 0.1) is 0 Å². The third-order valence-electron chi connectivity index (χ3n) is 4.20. The second-order valence-electron chi connectivity index (χ2n) is 6.38. The van der Waals surface area contributed by atoms with Crippen LogP contribution in [0.3, 0.4) is 0 Å². The number of amides is 2. The molecule has 3 aromatic rings. The number of hydrogen-bond donors (Lipinski definition) is 3. The highest BCUT2D eigenvalue weighted by atomic mass is 35.5. The Hall–Kier alpha value is -3.02. The standard InChI is InChI=1S/C22H18Cl2N2O3/c23-15-7-4-8-17(12-15)25-22(29)19(11-14-5-2-1-3-6-14)26-21(28)18-13-16(24)9-10-20(18)27/h1-10,12-13,19,27H,11H2,(H,25,29)(H,26,28)/t19-/m1/s1. The van der Waals surface area contributed by atoms with Gasteiger partial charge in [-0.2, -0.15) is 0 Å². The van der Waals surface area contributed by atoms with Gasteiger partial charge in [0, 0.05) is 22.2 Å². The van der Waals surface area contributed by atoms with E-state index in [4.69, 9.17) is 23.2 Å². The van der Waals surface area contributed by atoms with E-state index in [0.29, 0.717) is 15.7 Å². The molecule has 5 nitrogen and oxygen atoms in total. The number of anilines is 1. The van der Waals surface area contributed by atoms with Gasteiger partial charge in [0.2, 0.25) is 5.91 Å². The Bertz CT molecular complexity index is 1030. The Kier molecular flexibility index (Phi) is 6.75. The molecule has 2 amide bonds. The quantitative estimate of drug-likeness (QED) is 0.533. The summed E-state index contributed by atoms with van der Waals surface area (Å²) in [5, 5.41) is 16.2. The maximum absolute atomic E-state index is 12.9. The number of nitrogens with one attached hydrogen (secondary N) is 2. The van der Waals surface area contributed by atoms with Crippen molar-refractivity contribution in [3.05, 3.63) is 94.0 Å². The van der Waals surface area contributed by atoms with Crippen molar-refractivity contribution in [2.75, 3.05) is 5.32 Å². The van der Waals surface area contributed by atoms with Crippen LogP contribution in [0.2, 0.25) is 10.0 Å². The molecule has 7 heteroatoms. The predicted molar refractivity (Wildman–Crippen MR) is 115 cm³/mol. The van der Waals surface area contributed by atoms with Gasteiger partial charge in [-0.1, -0.05) is 59.6 Å². The van der Waals surface area contributed by atoms with Crippen LogP contribution in [0.25, 0.3) is 0 Å². The van der Waals surface area contributed by atoms with Crippen LogP contribution in [0.5, 0.6) is 5.75 Å². The minimum Gasteiger partial charge on any atom is -0.507 e. The van der Waals surface area contributed by atoms with Crippen molar-refractivity contribution < 1.29 is 14.7 Å². The molecule has 0 spiro atoms. The average Bonchev–Trinajstić information content (AvgIpc) is 2.70. The molecule has 3 rings (SSSR count). The highest BCUT2D eigenvalue weighted by Crippen LogP contribution is 2.22. The first-order chi connectivity index (χ1) is 13.9. The number of hydrogen-bond acceptors (Lipinski definition) is 3. The molecule has 148 valence electrons. The van der Waals surface area contributed by atoms with Crippen LogP contribution >= 0.6 is 23.2 Å². The first-order valence-corrected chi connectivity index (χ1v) is 9.57. The summed E-state index contributed by atoms with van der Waals surface area (Å²) < 4.78 is 0. The van der Waals surface area contributed by atoms with Gasteiger partial charge in [0.15, 0.2) is 0 Å². The largest absolute Gasteiger partial charge is 0.507 e. The third kappa shape index (κ3) is 5.73. The Morgan fingerprint density at radius 3 is 2.34 bits per heavy atom. The van der Waals surface area contributed by atoms with Crippen LogP contribution in [0.15, 0.2) is 72.8 Å². The number of rotatable bonds is 6. The van der Waals surface area contributed by atoms with Crippen LogP contribution in [0.4, 0.5) is 5.69 Å². The van der Waals surface area contributed by atoms with Crippen molar-refractivity contribution in [2.24, 2.45) is 0 Å². The second kappa shape index (κ2) is 9.45. The van der Waals surface area contributed by atoms with Gasteiger partial charge in [-0.25, -0.2) is 0 Å². The van der Waals surface area contributed by atoms with E-state index >= 15 is 0 Å². The van der Waals surface area contributed by atoms with Crippen molar-refractivity contribution in [3.8, 4) is 5.75 Å². The zero-order chi connectivity index (χ0) is 20.8. The highest BCUT2D eigenvalue weighted by Gasteiger charge is 2.23. The summed E-state index contributed by atoms with van der Waals surface area (Å²) >= 11 is 11.9. The number of phenolic OH excluding ortho intramolecular Hbond substituents is 1. The lowest BCUT2D eigenvalue weighted by Crippen LogP contribution is -2.45. The van der Waals surface area contributed by atoms with E-state index in [0.717, 1.165) is 5.56 Å². The number of phenols is 1. The molecule has 0 aliphatic rings. The van der Waals surface area contributed by atoms with Gasteiger partial charge in [0.25, 0.3) is 5.91 Å². The summed E-state index contributed by atoms with van der Waals surface area (Å²) in [6.07, 6.45) is 0.264. The fraction of sp³-hybridized carbons (Fsp3) is 0.0909. The van der Waals surface area contributed by atoms with E-state index in [-0.39, 0.29) is 17.7 Å². The molecule has 0 aromatic heterocycles. The predicted octanol–water partition coefficient (Wildman–Crippen LogP) is 4.68. The van der Waals surface area contributed by atoms with Crippen molar-refractivity contribution in [1.29, 1.82) is 0 Å². The lowest BCUT2D eigenvalue weighted by Gasteiger charge is -2.19. The molecule has 3 aromatic carbocycles. The molecule has 3 N–H and O–H groups in total. The molecule has 1 atom stereocenters. The number of benzene rings is 3. The Balaban J connectivity index is 1.83. The average molecular weight is 429 g/mol. The maximum Gasteiger partial charge on any atom is 0.255 e. The summed E-state index contributed by atoms with van der Waals surface area (Å²) in [4.78, 5) is 25.6. The van der Waals surface area contributed by atoms with E-state index in [1.54, 1.807) is 24.3 Å². The summed E-state index contributed by atoms with van der Waals surface area (Å²) in [7, 11) is 0. The van der Waals surface area contributed by atoms with E-state index in [1.165, 1.54) is 18.2 Å². The van der Waals surface area contributed by atoms with Crippen molar-refractivity contribution in [2.45, 2.75) is 12.5 Å². The lowest BCUT2D eigenvalue weighted by molar-refractivity contribution is -0.118. The van der Waals surface area contributed by atoms with Crippen molar-refractivity contribution >= 4 is 40.7 Å². The van der Waals surface area contributed by atoms with E-state index in [2.05, 4.69) is 10.6 Å². The minimum absolute atomic E-state index is 0.00822. The van der Waals surface area contributed by atoms with Gasteiger partial charge in [0.05, 0.1) is 5.56 Å². The van der Waals surface area contributed by atoms with Crippen LogP contribution in [-0.2, 0) is 11.2 Å². The molecular formula is C22H18Cl2N2O3. The van der Waals surface area contributed by atoms with Gasteiger partial charge in [-0.05, 0) is 42.0 Å². The fourth-order valence-electron chi connectivity index (χ4n) is 2.78. The lowest BCUT2D eigenvalue weighted by atomic mass is 10.0. The fourth-order valence-corrected chi connectivity index (χ4v) is 3.14. The zero-order valence-electron chi connectivity index (χ0n) is 15.2. The molecule has 0 radical (unpaired) electrons. The number of carbonyl (C=O) groups is 2. The van der Waals surface area contributed by atoms with E-state index in [9.17, 15) is 14.7 Å². The molecular weight excluding hydrogens is 411 g/mol. The molecule has 0 heterocycles. The molecule has 0 bridgehead atoms. The molecule has 0 fully saturated rings.